The van der Waals surface area contributed by atoms with Gasteiger partial charge in [-0.25, -0.2) is 4.99 Å². The molecule has 2 aromatic rings. The van der Waals surface area contributed by atoms with E-state index in [-0.39, 0.29) is 18.2 Å². The number of nitrogens with one attached hydrogen (secondary N) is 2. The summed E-state index contributed by atoms with van der Waals surface area (Å²) in [5, 5.41) is 5.53. The minimum Gasteiger partial charge on any atom is -0.325 e. The first-order chi connectivity index (χ1) is 12.0. The summed E-state index contributed by atoms with van der Waals surface area (Å²) in [5.41, 5.74) is 3.73. The van der Waals surface area contributed by atoms with Crippen LogP contribution in [0.3, 0.4) is 0 Å². The summed E-state index contributed by atoms with van der Waals surface area (Å²) in [5.74, 6) is -0.394. The van der Waals surface area contributed by atoms with Gasteiger partial charge in [-0.05, 0) is 38.1 Å². The van der Waals surface area contributed by atoms with Crippen molar-refractivity contribution >= 4 is 40.1 Å². The molecule has 1 saturated heterocycles. The Hall–Kier alpha value is -2.60. The fraction of sp³-hybridized carbons (Fsp3) is 0.211. The molecule has 1 aliphatic heterocycles. The SMILES string of the molecule is Cc1ccc(N=C2NC(=O)CC(C(=O)Nc3ccc(C)cc3)S2)cc1. The third kappa shape index (κ3) is 4.70. The number of thioether (sulfide) groups is 1. The van der Waals surface area contributed by atoms with Crippen LogP contribution in [0.25, 0.3) is 0 Å². The van der Waals surface area contributed by atoms with Crippen molar-refractivity contribution in [2.24, 2.45) is 4.99 Å². The topological polar surface area (TPSA) is 70.6 Å². The summed E-state index contributed by atoms with van der Waals surface area (Å²) < 4.78 is 0. The second-order valence-corrected chi connectivity index (χ2v) is 7.16. The Bertz CT molecular complexity index is 814. The van der Waals surface area contributed by atoms with Crippen LogP contribution in [0.4, 0.5) is 11.4 Å². The molecule has 0 bridgehead atoms. The largest absolute Gasteiger partial charge is 0.325 e. The van der Waals surface area contributed by atoms with Gasteiger partial charge in [0.15, 0.2) is 5.17 Å². The lowest BCUT2D eigenvalue weighted by atomic mass is 10.2. The number of carbonyl (C=O) groups is 2. The monoisotopic (exact) mass is 353 g/mol. The lowest BCUT2D eigenvalue weighted by molar-refractivity contribution is -0.123. The van der Waals surface area contributed by atoms with Crippen LogP contribution in [0.2, 0.25) is 0 Å². The molecule has 1 unspecified atom stereocenters. The molecule has 0 aliphatic carbocycles. The maximum absolute atomic E-state index is 12.5. The second kappa shape index (κ2) is 7.53. The van der Waals surface area contributed by atoms with Gasteiger partial charge in [0.1, 0.15) is 5.25 Å². The van der Waals surface area contributed by atoms with Gasteiger partial charge in [-0.3, -0.25) is 9.59 Å². The van der Waals surface area contributed by atoms with Crippen LogP contribution in [0, 0.1) is 13.8 Å². The van der Waals surface area contributed by atoms with Crippen molar-refractivity contribution in [3.63, 3.8) is 0 Å². The zero-order valence-corrected chi connectivity index (χ0v) is 14.9. The first-order valence-electron chi connectivity index (χ1n) is 7.99. The van der Waals surface area contributed by atoms with Gasteiger partial charge in [0.05, 0.1) is 5.69 Å². The Labute approximate surface area is 150 Å². The van der Waals surface area contributed by atoms with Crippen LogP contribution in [-0.2, 0) is 9.59 Å². The van der Waals surface area contributed by atoms with E-state index >= 15 is 0 Å². The molecule has 0 aromatic heterocycles. The highest BCUT2D eigenvalue weighted by Gasteiger charge is 2.30. The molecule has 1 fully saturated rings. The molecule has 1 atom stereocenters. The smallest absolute Gasteiger partial charge is 0.238 e. The van der Waals surface area contributed by atoms with E-state index in [9.17, 15) is 9.59 Å². The van der Waals surface area contributed by atoms with E-state index < -0.39 is 5.25 Å². The summed E-state index contributed by atoms with van der Waals surface area (Å²) >= 11 is 1.27. The highest BCUT2D eigenvalue weighted by Crippen LogP contribution is 2.25. The van der Waals surface area contributed by atoms with Crippen LogP contribution in [0.1, 0.15) is 17.5 Å². The van der Waals surface area contributed by atoms with Crippen molar-refractivity contribution in [3.05, 3.63) is 59.7 Å². The maximum atomic E-state index is 12.5. The van der Waals surface area contributed by atoms with Gasteiger partial charge in [0, 0.05) is 12.1 Å². The van der Waals surface area contributed by atoms with Crippen LogP contribution >= 0.6 is 11.8 Å². The molecule has 6 heteroatoms. The number of amidine groups is 1. The molecule has 0 saturated carbocycles. The average Bonchev–Trinajstić information content (AvgIpc) is 2.58. The Morgan fingerprint density at radius 2 is 1.68 bits per heavy atom. The third-order valence-electron chi connectivity index (χ3n) is 3.75. The predicted molar refractivity (Wildman–Crippen MR) is 102 cm³/mol. The Morgan fingerprint density at radius 1 is 1.08 bits per heavy atom. The van der Waals surface area contributed by atoms with Gasteiger partial charge in [0.2, 0.25) is 11.8 Å². The number of anilines is 1. The number of carbonyl (C=O) groups excluding carboxylic acids is 2. The predicted octanol–water partition coefficient (Wildman–Crippen LogP) is 3.55. The van der Waals surface area contributed by atoms with Crippen LogP contribution in [0.5, 0.6) is 0 Å². The van der Waals surface area contributed by atoms with Crippen molar-refractivity contribution in [3.8, 4) is 0 Å². The summed E-state index contributed by atoms with van der Waals surface area (Å²) in [4.78, 5) is 28.8. The van der Waals surface area contributed by atoms with Crippen molar-refractivity contribution in [2.45, 2.75) is 25.5 Å². The van der Waals surface area contributed by atoms with Gasteiger partial charge in [-0.2, -0.15) is 0 Å². The van der Waals surface area contributed by atoms with Gasteiger partial charge in [-0.15, -0.1) is 0 Å². The van der Waals surface area contributed by atoms with Gasteiger partial charge in [0.25, 0.3) is 0 Å². The molecule has 3 rings (SSSR count). The molecule has 5 nitrogen and oxygen atoms in total. The molecular formula is C19H19N3O2S. The normalized spacial score (nSPS) is 18.7. The minimum absolute atomic E-state index is 0.134. The molecule has 1 heterocycles. The summed E-state index contributed by atoms with van der Waals surface area (Å²) in [6.45, 7) is 3.99. The van der Waals surface area contributed by atoms with Crippen molar-refractivity contribution in [1.82, 2.24) is 5.32 Å². The fourth-order valence-electron chi connectivity index (χ4n) is 2.34. The first-order valence-corrected chi connectivity index (χ1v) is 8.87. The molecular weight excluding hydrogens is 334 g/mol. The number of benzene rings is 2. The van der Waals surface area contributed by atoms with Crippen molar-refractivity contribution < 1.29 is 9.59 Å². The standard InChI is InChI=1S/C19H19N3O2S/c1-12-3-7-14(8-4-12)20-18(24)16-11-17(23)22-19(25-16)21-15-9-5-13(2)6-10-15/h3-10,16H,11H2,1-2H3,(H,20,24)(H,21,22,23). The highest BCUT2D eigenvalue weighted by molar-refractivity contribution is 8.15. The van der Waals surface area contributed by atoms with E-state index in [1.54, 1.807) is 0 Å². The number of aliphatic imine (C=N–C) groups is 1. The minimum atomic E-state index is -0.501. The second-order valence-electron chi connectivity index (χ2n) is 5.97. The molecule has 25 heavy (non-hydrogen) atoms. The van der Waals surface area contributed by atoms with E-state index in [1.807, 2.05) is 62.4 Å². The first kappa shape index (κ1) is 17.2. The molecule has 128 valence electrons. The van der Waals surface area contributed by atoms with E-state index in [0.29, 0.717) is 5.17 Å². The lowest BCUT2D eigenvalue weighted by Crippen LogP contribution is -2.41. The molecule has 1 aliphatic rings. The highest BCUT2D eigenvalue weighted by atomic mass is 32.2. The van der Waals surface area contributed by atoms with Gasteiger partial charge < -0.3 is 10.6 Å². The number of hydrogen-bond acceptors (Lipinski definition) is 4. The summed E-state index contributed by atoms with van der Waals surface area (Å²) in [6.07, 6.45) is 0.134. The number of hydrogen-bond donors (Lipinski definition) is 2. The van der Waals surface area contributed by atoms with E-state index in [2.05, 4.69) is 15.6 Å². The van der Waals surface area contributed by atoms with E-state index in [1.165, 1.54) is 11.8 Å². The van der Waals surface area contributed by atoms with Crippen molar-refractivity contribution in [2.75, 3.05) is 5.32 Å². The molecule has 0 radical (unpaired) electrons. The van der Waals surface area contributed by atoms with Gasteiger partial charge >= 0.3 is 0 Å². The number of nitrogens with zero attached hydrogens (tertiary/aromatic N) is 1. The van der Waals surface area contributed by atoms with E-state index in [0.717, 1.165) is 22.5 Å². The number of amides is 2. The summed E-state index contributed by atoms with van der Waals surface area (Å²) in [7, 11) is 0. The lowest BCUT2D eigenvalue weighted by Gasteiger charge is -2.22. The molecule has 2 aromatic carbocycles. The van der Waals surface area contributed by atoms with Gasteiger partial charge in [-0.1, -0.05) is 47.2 Å². The number of rotatable bonds is 3. The molecule has 0 spiro atoms. The number of aryl methyl sites for hydroxylation is 2. The van der Waals surface area contributed by atoms with E-state index in [4.69, 9.17) is 0 Å². The zero-order chi connectivity index (χ0) is 17.8. The maximum Gasteiger partial charge on any atom is 0.238 e. The average molecular weight is 353 g/mol. The van der Waals surface area contributed by atoms with Crippen LogP contribution in [-0.4, -0.2) is 22.2 Å². The Kier molecular flexibility index (Phi) is 5.19. The quantitative estimate of drug-likeness (QED) is 0.886. The third-order valence-corrected chi connectivity index (χ3v) is 4.83. The molecule has 2 amide bonds. The van der Waals surface area contributed by atoms with Crippen LogP contribution < -0.4 is 10.6 Å². The fourth-order valence-corrected chi connectivity index (χ4v) is 3.34. The Morgan fingerprint density at radius 3 is 2.32 bits per heavy atom. The van der Waals surface area contributed by atoms with Crippen molar-refractivity contribution in [1.29, 1.82) is 0 Å². The Balaban J connectivity index is 1.71. The summed E-state index contributed by atoms with van der Waals surface area (Å²) in [6, 6.07) is 15.2. The molecule has 2 N–H and O–H groups in total. The zero-order valence-electron chi connectivity index (χ0n) is 14.1. The van der Waals surface area contributed by atoms with Crippen LogP contribution in [0.15, 0.2) is 53.5 Å².